The first-order chi connectivity index (χ1) is 7.26. The van der Waals surface area contributed by atoms with Gasteiger partial charge in [-0.3, -0.25) is 0 Å². The van der Waals surface area contributed by atoms with Crippen molar-refractivity contribution in [3.8, 4) is 0 Å². The molecule has 1 rings (SSSR count). The van der Waals surface area contributed by atoms with Crippen LogP contribution >= 0.6 is 0 Å². The number of ether oxygens (including phenoxy) is 1. The molecule has 0 aromatic heterocycles. The molecular formula is C13H21NO. The van der Waals surface area contributed by atoms with E-state index in [9.17, 15) is 0 Å². The zero-order valence-electron chi connectivity index (χ0n) is 9.92. The van der Waals surface area contributed by atoms with Gasteiger partial charge in [-0.15, -0.1) is 0 Å². The van der Waals surface area contributed by atoms with Gasteiger partial charge >= 0.3 is 0 Å². The van der Waals surface area contributed by atoms with E-state index in [1.54, 1.807) is 7.11 Å². The fourth-order valence-electron chi connectivity index (χ4n) is 1.49. The third-order valence-corrected chi connectivity index (χ3v) is 2.50. The maximum atomic E-state index is 5.07. The van der Waals surface area contributed by atoms with E-state index >= 15 is 0 Å². The molecule has 0 spiro atoms. The number of aryl methyl sites for hydroxylation is 1. The number of nitrogens with one attached hydrogen (secondary N) is 1. The Morgan fingerprint density at radius 1 is 1.20 bits per heavy atom. The summed E-state index contributed by atoms with van der Waals surface area (Å²) in [6.45, 7) is 5.97. The molecule has 0 saturated heterocycles. The van der Waals surface area contributed by atoms with Crippen LogP contribution in [-0.2, 0) is 17.7 Å². The zero-order chi connectivity index (χ0) is 11.1. The lowest BCUT2D eigenvalue weighted by molar-refractivity contribution is 0.171. The van der Waals surface area contributed by atoms with E-state index in [-0.39, 0.29) is 0 Å². The van der Waals surface area contributed by atoms with Crippen LogP contribution in [0.1, 0.15) is 25.0 Å². The first kappa shape index (κ1) is 12.2. The maximum Gasteiger partial charge on any atom is 0.0613 e. The molecule has 0 saturated carbocycles. The minimum atomic E-state index is 0.404. The van der Waals surface area contributed by atoms with Crippen molar-refractivity contribution in [2.75, 3.05) is 13.7 Å². The predicted molar refractivity (Wildman–Crippen MR) is 64.0 cm³/mol. The Labute approximate surface area is 92.6 Å². The lowest BCUT2D eigenvalue weighted by Gasteiger charge is -2.12. The van der Waals surface area contributed by atoms with Crippen LogP contribution in [0.4, 0.5) is 0 Å². The van der Waals surface area contributed by atoms with Crippen molar-refractivity contribution in [3.63, 3.8) is 0 Å². The van der Waals surface area contributed by atoms with Gasteiger partial charge in [0.25, 0.3) is 0 Å². The van der Waals surface area contributed by atoms with Gasteiger partial charge in [0.1, 0.15) is 0 Å². The summed E-state index contributed by atoms with van der Waals surface area (Å²) in [5.41, 5.74) is 2.72. The molecule has 0 heterocycles. The molecule has 0 fully saturated rings. The largest absolute Gasteiger partial charge is 0.383 e. The summed E-state index contributed by atoms with van der Waals surface area (Å²) >= 11 is 0. The van der Waals surface area contributed by atoms with Gasteiger partial charge < -0.3 is 10.1 Å². The molecule has 1 aromatic carbocycles. The number of hydrogen-bond donors (Lipinski definition) is 1. The summed E-state index contributed by atoms with van der Waals surface area (Å²) in [5.74, 6) is 0. The number of benzene rings is 1. The van der Waals surface area contributed by atoms with Crippen molar-refractivity contribution in [2.24, 2.45) is 0 Å². The molecule has 0 aliphatic rings. The van der Waals surface area contributed by atoms with Crippen molar-refractivity contribution >= 4 is 0 Å². The van der Waals surface area contributed by atoms with E-state index < -0.39 is 0 Å². The van der Waals surface area contributed by atoms with Crippen LogP contribution in [0.2, 0.25) is 0 Å². The topological polar surface area (TPSA) is 21.3 Å². The molecule has 0 bridgehead atoms. The first-order valence-electron chi connectivity index (χ1n) is 5.56. The second kappa shape index (κ2) is 6.59. The van der Waals surface area contributed by atoms with E-state index in [0.29, 0.717) is 6.04 Å². The van der Waals surface area contributed by atoms with E-state index in [4.69, 9.17) is 4.74 Å². The second-order valence-electron chi connectivity index (χ2n) is 3.91. The lowest BCUT2D eigenvalue weighted by Crippen LogP contribution is -2.29. The molecule has 0 aliphatic carbocycles. The van der Waals surface area contributed by atoms with Gasteiger partial charge in [-0.05, 0) is 24.5 Å². The van der Waals surface area contributed by atoms with Crippen molar-refractivity contribution in [2.45, 2.75) is 32.9 Å². The highest BCUT2D eigenvalue weighted by molar-refractivity contribution is 5.22. The lowest BCUT2D eigenvalue weighted by atomic mass is 10.1. The van der Waals surface area contributed by atoms with Gasteiger partial charge in [-0.2, -0.15) is 0 Å². The Balaban J connectivity index is 2.37. The van der Waals surface area contributed by atoms with Gasteiger partial charge in [0.05, 0.1) is 6.61 Å². The van der Waals surface area contributed by atoms with Crippen LogP contribution in [-0.4, -0.2) is 19.8 Å². The fraction of sp³-hybridized carbons (Fsp3) is 0.538. The van der Waals surface area contributed by atoms with E-state index in [2.05, 4.69) is 43.4 Å². The van der Waals surface area contributed by atoms with Crippen LogP contribution < -0.4 is 5.32 Å². The molecule has 0 radical (unpaired) electrons. The van der Waals surface area contributed by atoms with E-state index in [1.807, 2.05) is 0 Å². The first-order valence-corrected chi connectivity index (χ1v) is 5.56. The van der Waals surface area contributed by atoms with Crippen LogP contribution in [0.3, 0.4) is 0 Å². The Hall–Kier alpha value is -0.860. The van der Waals surface area contributed by atoms with Gasteiger partial charge in [0, 0.05) is 19.7 Å². The highest BCUT2D eigenvalue weighted by Crippen LogP contribution is 2.04. The minimum absolute atomic E-state index is 0.404. The highest BCUT2D eigenvalue weighted by atomic mass is 16.5. The Morgan fingerprint density at radius 3 is 2.33 bits per heavy atom. The molecule has 0 aliphatic heterocycles. The van der Waals surface area contributed by atoms with Gasteiger partial charge in [0.15, 0.2) is 0 Å². The van der Waals surface area contributed by atoms with Gasteiger partial charge in [-0.25, -0.2) is 0 Å². The molecule has 84 valence electrons. The molecule has 0 unspecified atom stereocenters. The monoisotopic (exact) mass is 207 g/mol. The maximum absolute atomic E-state index is 5.07. The molecule has 2 heteroatoms. The summed E-state index contributed by atoms with van der Waals surface area (Å²) in [5, 5.41) is 3.41. The van der Waals surface area contributed by atoms with Crippen molar-refractivity contribution in [1.29, 1.82) is 0 Å². The predicted octanol–water partition coefficient (Wildman–Crippen LogP) is 2.37. The summed E-state index contributed by atoms with van der Waals surface area (Å²) in [7, 11) is 1.73. The van der Waals surface area contributed by atoms with Crippen LogP contribution in [0.25, 0.3) is 0 Å². The molecule has 0 amide bonds. The Kier molecular flexibility index (Phi) is 5.37. The van der Waals surface area contributed by atoms with Crippen LogP contribution in [0, 0.1) is 0 Å². The van der Waals surface area contributed by atoms with Crippen LogP contribution in [0.5, 0.6) is 0 Å². The van der Waals surface area contributed by atoms with Crippen LogP contribution in [0.15, 0.2) is 24.3 Å². The molecule has 1 N–H and O–H groups in total. The van der Waals surface area contributed by atoms with Gasteiger partial charge in [0.2, 0.25) is 0 Å². The van der Waals surface area contributed by atoms with E-state index in [1.165, 1.54) is 11.1 Å². The molecule has 2 nitrogen and oxygen atoms in total. The molecule has 15 heavy (non-hydrogen) atoms. The molecular weight excluding hydrogens is 186 g/mol. The normalized spacial score (nSPS) is 12.7. The number of hydrogen-bond acceptors (Lipinski definition) is 2. The summed E-state index contributed by atoms with van der Waals surface area (Å²) < 4.78 is 5.07. The second-order valence-corrected chi connectivity index (χ2v) is 3.91. The zero-order valence-corrected chi connectivity index (χ0v) is 9.92. The minimum Gasteiger partial charge on any atom is -0.383 e. The highest BCUT2D eigenvalue weighted by Gasteiger charge is 2.00. The summed E-state index contributed by atoms with van der Waals surface area (Å²) in [6, 6.07) is 9.16. The average molecular weight is 207 g/mol. The number of methoxy groups -OCH3 is 1. The summed E-state index contributed by atoms with van der Waals surface area (Å²) in [4.78, 5) is 0. The van der Waals surface area contributed by atoms with E-state index in [0.717, 1.165) is 19.6 Å². The Morgan fingerprint density at radius 2 is 1.80 bits per heavy atom. The van der Waals surface area contributed by atoms with Crippen molar-refractivity contribution < 1.29 is 4.74 Å². The Bertz CT molecular complexity index is 268. The quantitative estimate of drug-likeness (QED) is 0.773. The standard InChI is InChI=1S/C13H21NO/c1-4-12-5-7-13(8-6-12)9-14-11(2)10-15-3/h5-8,11,14H,4,9-10H2,1-3H3/t11-/m0/s1. The fourth-order valence-corrected chi connectivity index (χ4v) is 1.49. The SMILES string of the molecule is CCc1ccc(CN[C@@H](C)COC)cc1. The smallest absolute Gasteiger partial charge is 0.0613 e. The third kappa shape index (κ3) is 4.45. The van der Waals surface area contributed by atoms with Crippen molar-refractivity contribution in [3.05, 3.63) is 35.4 Å². The number of rotatable bonds is 6. The summed E-state index contributed by atoms with van der Waals surface area (Å²) in [6.07, 6.45) is 1.10. The van der Waals surface area contributed by atoms with Crippen molar-refractivity contribution in [1.82, 2.24) is 5.32 Å². The molecule has 1 aromatic rings. The molecule has 1 atom stereocenters. The third-order valence-electron chi connectivity index (χ3n) is 2.50. The van der Waals surface area contributed by atoms with Gasteiger partial charge in [-0.1, -0.05) is 31.2 Å². The average Bonchev–Trinajstić information content (AvgIpc) is 2.27.